The van der Waals surface area contributed by atoms with Crippen molar-refractivity contribution in [3.05, 3.63) is 60.9 Å². The second kappa shape index (κ2) is 9.89. The molecule has 1 N–H and O–H groups in total. The van der Waals surface area contributed by atoms with Crippen molar-refractivity contribution in [3.63, 3.8) is 0 Å². The molecule has 1 aliphatic heterocycles. The lowest BCUT2D eigenvalue weighted by molar-refractivity contribution is -0.115. The minimum Gasteiger partial charge on any atom is -0.497 e. The summed E-state index contributed by atoms with van der Waals surface area (Å²) in [5.74, 6) is 0.735. The molecule has 1 aliphatic rings. The van der Waals surface area contributed by atoms with E-state index in [0.29, 0.717) is 0 Å². The third kappa shape index (κ3) is 5.21. The molecule has 1 atom stereocenters. The van der Waals surface area contributed by atoms with E-state index in [9.17, 15) is 4.79 Å². The smallest absolute Gasteiger partial charge is 0.237 e. The lowest BCUT2D eigenvalue weighted by Gasteiger charge is -2.28. The van der Waals surface area contributed by atoms with Crippen molar-refractivity contribution >= 4 is 29.0 Å². The Morgan fingerprint density at radius 3 is 2.45 bits per heavy atom. The zero-order valence-electron chi connectivity index (χ0n) is 17.7. The number of carbonyl (C=O) groups excluding carboxylic acids is 1. The highest BCUT2D eigenvalue weighted by molar-refractivity contribution is 8.00. The van der Waals surface area contributed by atoms with Gasteiger partial charge < -0.3 is 19.7 Å². The lowest BCUT2D eigenvalue weighted by atomic mass is 10.2. The molecule has 0 saturated carbocycles. The minimum atomic E-state index is -0.307. The second-order valence-corrected chi connectivity index (χ2v) is 8.48. The molecule has 162 valence electrons. The van der Waals surface area contributed by atoms with Crippen LogP contribution in [0.2, 0.25) is 0 Å². The highest BCUT2D eigenvalue weighted by Crippen LogP contribution is 2.27. The molecule has 0 unspecified atom stereocenters. The van der Waals surface area contributed by atoms with Gasteiger partial charge in [-0.3, -0.25) is 9.36 Å². The summed E-state index contributed by atoms with van der Waals surface area (Å²) in [4.78, 5) is 19.5. The van der Waals surface area contributed by atoms with Crippen LogP contribution < -0.4 is 15.0 Å². The molecule has 0 aliphatic carbocycles. The number of amides is 1. The fourth-order valence-corrected chi connectivity index (χ4v) is 4.23. The van der Waals surface area contributed by atoms with E-state index < -0.39 is 0 Å². The number of methoxy groups -OCH3 is 1. The van der Waals surface area contributed by atoms with Crippen molar-refractivity contribution in [2.45, 2.75) is 17.3 Å². The van der Waals surface area contributed by atoms with E-state index in [4.69, 9.17) is 9.47 Å². The quantitative estimate of drug-likeness (QED) is 0.566. The van der Waals surface area contributed by atoms with E-state index in [2.05, 4.69) is 15.2 Å². The summed E-state index contributed by atoms with van der Waals surface area (Å²) in [7, 11) is 1.64. The van der Waals surface area contributed by atoms with E-state index in [1.165, 1.54) is 11.8 Å². The highest BCUT2D eigenvalue weighted by atomic mass is 32.2. The van der Waals surface area contributed by atoms with Crippen LogP contribution in [0.25, 0.3) is 5.69 Å². The number of aromatic nitrogens is 2. The van der Waals surface area contributed by atoms with Crippen LogP contribution in [0.5, 0.6) is 5.75 Å². The molecule has 31 heavy (non-hydrogen) atoms. The Bertz CT molecular complexity index is 998. The number of carbonyl (C=O) groups is 1. The predicted octanol–water partition coefficient (Wildman–Crippen LogP) is 3.84. The third-order valence-electron chi connectivity index (χ3n) is 5.12. The number of nitrogens with zero attached hydrogens (tertiary/aromatic N) is 3. The zero-order valence-corrected chi connectivity index (χ0v) is 18.5. The van der Waals surface area contributed by atoms with Crippen molar-refractivity contribution in [3.8, 4) is 11.4 Å². The number of thioether (sulfide) groups is 1. The van der Waals surface area contributed by atoms with Gasteiger partial charge in [-0.15, -0.1) is 0 Å². The maximum atomic E-state index is 12.7. The van der Waals surface area contributed by atoms with Crippen LogP contribution in [0.4, 0.5) is 11.4 Å². The first-order chi connectivity index (χ1) is 15.1. The van der Waals surface area contributed by atoms with Crippen molar-refractivity contribution in [1.82, 2.24) is 9.55 Å². The summed E-state index contributed by atoms with van der Waals surface area (Å²) in [5.41, 5.74) is 2.89. The van der Waals surface area contributed by atoms with Gasteiger partial charge in [-0.2, -0.15) is 0 Å². The highest BCUT2D eigenvalue weighted by Gasteiger charge is 2.18. The lowest BCUT2D eigenvalue weighted by Crippen LogP contribution is -2.36. The summed E-state index contributed by atoms with van der Waals surface area (Å²) >= 11 is 1.42. The molecule has 1 amide bonds. The topological polar surface area (TPSA) is 68.6 Å². The van der Waals surface area contributed by atoms with Crippen LogP contribution in [0, 0.1) is 0 Å². The Kier molecular flexibility index (Phi) is 6.79. The third-order valence-corrected chi connectivity index (χ3v) is 6.20. The standard InChI is InChI=1S/C23H26N4O3S/c1-17(31-23-24-11-12-27(23)20-7-9-21(29-2)10-8-20)22(28)25-18-3-5-19(6-4-18)26-13-15-30-16-14-26/h3-12,17H,13-16H2,1-2H3,(H,25,28)/t17-/m0/s1. The number of morpholine rings is 1. The van der Waals surface area contributed by atoms with Crippen LogP contribution in [-0.4, -0.2) is 54.1 Å². The monoisotopic (exact) mass is 438 g/mol. The molecule has 1 saturated heterocycles. The first kappa shape index (κ1) is 21.3. The van der Waals surface area contributed by atoms with E-state index in [1.807, 2.05) is 66.2 Å². The maximum Gasteiger partial charge on any atom is 0.237 e. The van der Waals surface area contributed by atoms with E-state index in [1.54, 1.807) is 13.3 Å². The molecule has 2 heterocycles. The first-order valence-electron chi connectivity index (χ1n) is 10.2. The van der Waals surface area contributed by atoms with E-state index >= 15 is 0 Å². The van der Waals surface area contributed by atoms with Crippen LogP contribution in [0.1, 0.15) is 6.92 Å². The summed E-state index contributed by atoms with van der Waals surface area (Å²) < 4.78 is 12.6. The zero-order chi connectivity index (χ0) is 21.6. The van der Waals surface area contributed by atoms with Crippen LogP contribution >= 0.6 is 11.8 Å². The van der Waals surface area contributed by atoms with Gasteiger partial charge in [0.15, 0.2) is 5.16 Å². The van der Waals surface area contributed by atoms with Crippen molar-refractivity contribution in [2.24, 2.45) is 0 Å². The summed E-state index contributed by atoms with van der Waals surface area (Å²) in [5, 5.41) is 3.45. The molecule has 8 heteroatoms. The number of nitrogens with one attached hydrogen (secondary N) is 1. The molecule has 0 spiro atoms. The van der Waals surface area contributed by atoms with Gasteiger partial charge in [0.2, 0.25) is 5.91 Å². The molecule has 0 radical (unpaired) electrons. The summed E-state index contributed by atoms with van der Waals surface area (Å²) in [6.45, 7) is 5.16. The van der Waals surface area contributed by atoms with Gasteiger partial charge in [0.05, 0.1) is 25.6 Å². The van der Waals surface area contributed by atoms with Gasteiger partial charge >= 0.3 is 0 Å². The number of rotatable bonds is 7. The van der Waals surface area contributed by atoms with Crippen molar-refractivity contribution in [2.75, 3.05) is 43.6 Å². The molecular weight excluding hydrogens is 412 g/mol. The van der Waals surface area contributed by atoms with Crippen LogP contribution in [-0.2, 0) is 9.53 Å². The number of hydrogen-bond acceptors (Lipinski definition) is 6. The van der Waals surface area contributed by atoms with Gasteiger partial charge in [-0.1, -0.05) is 11.8 Å². The fourth-order valence-electron chi connectivity index (χ4n) is 3.35. The largest absolute Gasteiger partial charge is 0.497 e. The number of hydrogen-bond donors (Lipinski definition) is 1. The maximum absolute atomic E-state index is 12.7. The summed E-state index contributed by atoms with van der Waals surface area (Å²) in [6, 6.07) is 15.7. The Balaban J connectivity index is 1.37. The number of imidazole rings is 1. The molecule has 1 fully saturated rings. The van der Waals surface area contributed by atoms with E-state index in [0.717, 1.165) is 54.3 Å². The van der Waals surface area contributed by atoms with Crippen molar-refractivity contribution in [1.29, 1.82) is 0 Å². The van der Waals surface area contributed by atoms with Crippen LogP contribution in [0.15, 0.2) is 66.1 Å². The second-order valence-electron chi connectivity index (χ2n) is 7.17. The Hall–Kier alpha value is -2.97. The normalized spacial score (nSPS) is 14.8. The van der Waals surface area contributed by atoms with Gasteiger partial charge in [-0.05, 0) is 55.5 Å². The Labute approximate surface area is 186 Å². The minimum absolute atomic E-state index is 0.0617. The molecule has 2 aromatic carbocycles. The Morgan fingerprint density at radius 2 is 1.77 bits per heavy atom. The SMILES string of the molecule is COc1ccc(-n2ccnc2S[C@@H](C)C(=O)Nc2ccc(N3CCOCC3)cc2)cc1. The molecule has 4 rings (SSSR count). The molecule has 1 aromatic heterocycles. The molecule has 7 nitrogen and oxygen atoms in total. The van der Waals surface area contributed by atoms with Gasteiger partial charge in [0.1, 0.15) is 5.75 Å². The van der Waals surface area contributed by atoms with Gasteiger partial charge in [-0.25, -0.2) is 4.98 Å². The molecular formula is C23H26N4O3S. The predicted molar refractivity (Wildman–Crippen MR) is 124 cm³/mol. The van der Waals surface area contributed by atoms with Crippen molar-refractivity contribution < 1.29 is 14.3 Å². The number of benzene rings is 2. The Morgan fingerprint density at radius 1 is 1.10 bits per heavy atom. The molecule has 0 bridgehead atoms. The number of ether oxygens (including phenoxy) is 2. The fraction of sp³-hybridized carbons (Fsp3) is 0.304. The molecule has 3 aromatic rings. The number of anilines is 2. The van der Waals surface area contributed by atoms with E-state index in [-0.39, 0.29) is 11.2 Å². The average Bonchev–Trinajstić information content (AvgIpc) is 3.28. The van der Waals surface area contributed by atoms with Gasteiger partial charge in [0, 0.05) is 42.5 Å². The average molecular weight is 439 g/mol. The first-order valence-corrected chi connectivity index (χ1v) is 11.1. The van der Waals surface area contributed by atoms with Crippen LogP contribution in [0.3, 0.4) is 0 Å². The summed E-state index contributed by atoms with van der Waals surface area (Å²) in [6.07, 6.45) is 3.63. The van der Waals surface area contributed by atoms with Gasteiger partial charge in [0.25, 0.3) is 0 Å².